The molecule has 1 saturated heterocycles. The first-order valence-corrected chi connectivity index (χ1v) is 22.1. The number of benzene rings is 1. The van der Waals surface area contributed by atoms with Crippen LogP contribution in [-0.2, 0) is 19.4 Å². The first-order chi connectivity index (χ1) is 24.8. The number of ketones is 1. The number of carboxylic acids is 1. The van der Waals surface area contributed by atoms with Crippen molar-refractivity contribution < 1.29 is 27.9 Å². The van der Waals surface area contributed by atoms with Gasteiger partial charge < -0.3 is 10.4 Å². The first kappa shape index (κ1) is 38.5. The highest BCUT2D eigenvalue weighted by Crippen LogP contribution is 2.77. The average molecular weight is 747 g/mol. The molecule has 7 rings (SSSR count). The Morgan fingerprint density at radius 1 is 0.887 bits per heavy atom. The van der Waals surface area contributed by atoms with Crippen molar-refractivity contribution in [2.24, 2.45) is 56.7 Å². The highest BCUT2D eigenvalue weighted by Gasteiger charge is 2.71. The van der Waals surface area contributed by atoms with Gasteiger partial charge in [-0.05, 0) is 139 Å². The van der Waals surface area contributed by atoms with Gasteiger partial charge in [-0.3, -0.25) is 14.5 Å². The summed E-state index contributed by atoms with van der Waals surface area (Å²) in [6, 6.07) is 7.43. The SMILES string of the molecule is C=C(C)[C@@H]1CC[C@]2(C(=O)C(=O)NCCN3CCS(=O)(=O)CC3)CC[C@]3(C)[C@H](CCC4[C@@]5(C)CC=C(c6ccc(C(=O)O)cc6)C(C)(C)C5CC[C@]43C)C12. The van der Waals surface area contributed by atoms with E-state index in [1.54, 1.807) is 12.1 Å². The minimum atomic E-state index is -2.97. The molecule has 1 aromatic rings. The zero-order valence-corrected chi connectivity index (χ0v) is 33.7. The summed E-state index contributed by atoms with van der Waals surface area (Å²) in [5.41, 5.74) is 3.41. The molecule has 1 aliphatic heterocycles. The van der Waals surface area contributed by atoms with Crippen molar-refractivity contribution in [3.8, 4) is 0 Å². The maximum Gasteiger partial charge on any atom is 0.335 e. The molecule has 1 heterocycles. The van der Waals surface area contributed by atoms with E-state index in [1.165, 1.54) is 5.57 Å². The number of carbonyl (C=O) groups excluding carboxylic acids is 2. The first-order valence-electron chi connectivity index (χ1n) is 20.3. The van der Waals surface area contributed by atoms with Crippen LogP contribution in [-0.4, -0.2) is 73.8 Å². The Morgan fingerprint density at radius 3 is 2.21 bits per heavy atom. The van der Waals surface area contributed by atoms with Crippen LogP contribution in [0.1, 0.15) is 115 Å². The molecule has 8 nitrogen and oxygen atoms in total. The summed E-state index contributed by atoms with van der Waals surface area (Å²) in [6.07, 6.45) is 11.3. The minimum Gasteiger partial charge on any atom is -0.478 e. The molecule has 2 N–H and O–H groups in total. The third kappa shape index (κ3) is 5.91. The van der Waals surface area contributed by atoms with Crippen molar-refractivity contribution in [1.29, 1.82) is 0 Å². The van der Waals surface area contributed by atoms with Crippen LogP contribution in [0.3, 0.4) is 0 Å². The minimum absolute atomic E-state index is 0.0300. The fraction of sp³-hybridized carbons (Fsp3) is 0.705. The highest BCUT2D eigenvalue weighted by molar-refractivity contribution is 7.91. The topological polar surface area (TPSA) is 121 Å². The van der Waals surface area contributed by atoms with Gasteiger partial charge >= 0.3 is 5.97 Å². The number of hydrogen-bond acceptors (Lipinski definition) is 6. The van der Waals surface area contributed by atoms with Gasteiger partial charge in [-0.25, -0.2) is 13.2 Å². The molecule has 5 fully saturated rings. The van der Waals surface area contributed by atoms with Crippen molar-refractivity contribution in [3.63, 3.8) is 0 Å². The molecule has 0 aromatic heterocycles. The van der Waals surface area contributed by atoms with Gasteiger partial charge in [0.05, 0.1) is 17.1 Å². The molecule has 0 radical (unpaired) electrons. The Kier molecular flexibility index (Phi) is 9.56. The van der Waals surface area contributed by atoms with Gasteiger partial charge in [-0.2, -0.15) is 0 Å². The molecule has 6 aliphatic rings. The fourth-order valence-corrected chi connectivity index (χ4v) is 15.3. The van der Waals surface area contributed by atoms with Crippen molar-refractivity contribution in [1.82, 2.24) is 10.2 Å². The van der Waals surface area contributed by atoms with Crippen molar-refractivity contribution in [2.45, 2.75) is 99.3 Å². The largest absolute Gasteiger partial charge is 0.478 e. The third-order valence-corrected chi connectivity index (χ3v) is 18.5. The molecule has 5 aliphatic carbocycles. The second kappa shape index (κ2) is 13.2. The van der Waals surface area contributed by atoms with E-state index in [4.69, 9.17) is 0 Å². The van der Waals surface area contributed by atoms with E-state index < -0.39 is 27.1 Å². The zero-order chi connectivity index (χ0) is 38.4. The van der Waals surface area contributed by atoms with Gasteiger partial charge in [0.25, 0.3) is 5.91 Å². The smallest absolute Gasteiger partial charge is 0.335 e. The second-order valence-corrected chi connectivity index (χ2v) is 21.7. The number of nitrogens with one attached hydrogen (secondary N) is 1. The van der Waals surface area contributed by atoms with Gasteiger partial charge in [0.15, 0.2) is 9.84 Å². The molecule has 53 heavy (non-hydrogen) atoms. The van der Waals surface area contributed by atoms with Crippen LogP contribution < -0.4 is 5.32 Å². The summed E-state index contributed by atoms with van der Waals surface area (Å²) in [5.74, 6) is 0.377. The summed E-state index contributed by atoms with van der Waals surface area (Å²) >= 11 is 0. The van der Waals surface area contributed by atoms with E-state index in [0.29, 0.717) is 49.5 Å². The Hall–Kier alpha value is -2.78. The predicted molar refractivity (Wildman–Crippen MR) is 209 cm³/mol. The van der Waals surface area contributed by atoms with Crippen LogP contribution in [0, 0.1) is 56.7 Å². The van der Waals surface area contributed by atoms with Gasteiger partial charge in [-0.1, -0.05) is 65.0 Å². The fourth-order valence-electron chi connectivity index (χ4n) is 14.0. The molecule has 9 atom stereocenters. The Morgan fingerprint density at radius 2 is 1.57 bits per heavy atom. The lowest BCUT2D eigenvalue weighted by atomic mass is 9.32. The zero-order valence-electron chi connectivity index (χ0n) is 32.9. The maximum absolute atomic E-state index is 14.5. The van der Waals surface area contributed by atoms with Crippen LogP contribution >= 0.6 is 0 Å². The number of rotatable bonds is 8. The van der Waals surface area contributed by atoms with E-state index in [0.717, 1.165) is 68.9 Å². The number of allylic oxidation sites excluding steroid dienone is 3. The normalized spacial score (nSPS) is 40.0. The molecule has 9 heteroatoms. The summed E-state index contributed by atoms with van der Waals surface area (Å²) in [7, 11) is -2.97. The van der Waals surface area contributed by atoms with Crippen LogP contribution in [0.2, 0.25) is 0 Å². The number of amides is 1. The number of hydrogen-bond donors (Lipinski definition) is 2. The molecule has 0 spiro atoms. The lowest BCUT2D eigenvalue weighted by Gasteiger charge is -2.72. The van der Waals surface area contributed by atoms with E-state index in [1.807, 2.05) is 12.1 Å². The molecule has 290 valence electrons. The third-order valence-electron chi connectivity index (χ3n) is 16.9. The molecular formula is C44H62N2O6S. The van der Waals surface area contributed by atoms with Crippen LogP contribution in [0.15, 0.2) is 42.5 Å². The van der Waals surface area contributed by atoms with Crippen LogP contribution in [0.25, 0.3) is 5.57 Å². The molecule has 1 aromatic carbocycles. The van der Waals surface area contributed by atoms with Crippen LogP contribution in [0.4, 0.5) is 0 Å². The number of carboxylic acid groups (broad SMARTS) is 1. The Balaban J connectivity index is 1.13. The van der Waals surface area contributed by atoms with E-state index in [2.05, 4.69) is 64.4 Å². The van der Waals surface area contributed by atoms with Gasteiger partial charge in [-0.15, -0.1) is 0 Å². The predicted octanol–water partition coefficient (Wildman–Crippen LogP) is 7.45. The number of carbonyl (C=O) groups is 3. The quantitative estimate of drug-likeness (QED) is 0.210. The number of sulfone groups is 1. The summed E-state index contributed by atoms with van der Waals surface area (Å²) in [5, 5.41) is 12.5. The Bertz CT molecular complexity index is 1820. The van der Waals surface area contributed by atoms with Crippen molar-refractivity contribution in [3.05, 3.63) is 53.6 Å². The number of Topliss-reactive ketones (excluding diaryl/α,β-unsaturated/α-hetero) is 1. The van der Waals surface area contributed by atoms with Gasteiger partial charge in [0.2, 0.25) is 5.78 Å². The van der Waals surface area contributed by atoms with Crippen molar-refractivity contribution >= 4 is 33.1 Å². The molecular weight excluding hydrogens is 685 g/mol. The van der Waals surface area contributed by atoms with E-state index in [9.17, 15) is 27.9 Å². The summed E-state index contributed by atoms with van der Waals surface area (Å²) in [6.45, 7) is 20.9. The standard InChI is InChI=1S/C44H62N2O6S/c1-28(2)31-14-19-44(37(47)38(48)45-22-23-46-24-26-53(51,52)27-25-46)21-20-42(6)33(36(31)44)12-13-35-41(5)17-15-32(29-8-10-30(11-9-29)39(49)50)40(3,4)34(41)16-18-43(35,42)7/h8-11,15,31,33-36H,1,12-14,16-27H2,2-7H3,(H,45,48)(H,49,50)/t31-,33+,34?,35?,36?,41-,42+,43+,44-/m0/s1. The van der Waals surface area contributed by atoms with Gasteiger partial charge in [0, 0.05) is 31.6 Å². The monoisotopic (exact) mass is 746 g/mol. The maximum atomic E-state index is 14.5. The molecule has 0 bridgehead atoms. The second-order valence-electron chi connectivity index (χ2n) is 19.3. The summed E-state index contributed by atoms with van der Waals surface area (Å²) < 4.78 is 23.7. The Labute approximate surface area is 317 Å². The number of fused-ring (bicyclic) bond motifs is 7. The lowest BCUT2D eigenvalue weighted by Crippen LogP contribution is -2.66. The lowest BCUT2D eigenvalue weighted by molar-refractivity contribution is -0.224. The van der Waals surface area contributed by atoms with Crippen LogP contribution in [0.5, 0.6) is 0 Å². The van der Waals surface area contributed by atoms with Gasteiger partial charge in [0.1, 0.15) is 0 Å². The summed E-state index contributed by atoms with van der Waals surface area (Å²) in [4.78, 5) is 41.9. The van der Waals surface area contributed by atoms with E-state index in [-0.39, 0.29) is 50.8 Å². The number of nitrogens with zero attached hydrogens (tertiary/aromatic N) is 1. The number of aromatic carboxylic acids is 1. The molecule has 1 amide bonds. The highest BCUT2D eigenvalue weighted by atomic mass is 32.2. The van der Waals surface area contributed by atoms with Crippen molar-refractivity contribution in [2.75, 3.05) is 37.7 Å². The molecule has 4 saturated carbocycles. The molecule has 3 unspecified atom stereocenters. The van der Waals surface area contributed by atoms with E-state index >= 15 is 0 Å². The average Bonchev–Trinajstić information content (AvgIpc) is 3.50.